The average molecular weight is 723 g/mol. The maximum atomic E-state index is 6.44. The zero-order valence-corrected chi connectivity index (χ0v) is 21.8. The van der Waals surface area contributed by atoms with Crippen molar-refractivity contribution in [3.63, 3.8) is 0 Å². The largest absolute Gasteiger partial charge is 0.729 e. The standard InChI is InChI=1S/C20H12I3NO3Si/c1-2-28-25-18-9-12(21)3-6-15(18)24(16-7-4-13(22)10-19(16)26-28)17-8-5-14(23)11-20(17)27-28/h2-11H,1H2. The van der Waals surface area contributed by atoms with Crippen molar-refractivity contribution in [2.45, 2.75) is 0 Å². The van der Waals surface area contributed by atoms with Crippen molar-refractivity contribution in [3.8, 4) is 17.2 Å². The fourth-order valence-corrected chi connectivity index (χ4v) is 6.47. The summed E-state index contributed by atoms with van der Waals surface area (Å²) in [6, 6.07) is 18.5. The van der Waals surface area contributed by atoms with Gasteiger partial charge in [0, 0.05) is 16.4 Å². The molecule has 0 aliphatic carbocycles. The van der Waals surface area contributed by atoms with Gasteiger partial charge in [0.25, 0.3) is 0 Å². The van der Waals surface area contributed by atoms with Gasteiger partial charge in [-0.15, -0.1) is 0 Å². The Hall–Kier alpha value is -0.993. The zero-order valence-electron chi connectivity index (χ0n) is 14.3. The van der Waals surface area contributed by atoms with Crippen molar-refractivity contribution in [2.24, 2.45) is 0 Å². The van der Waals surface area contributed by atoms with E-state index in [9.17, 15) is 0 Å². The van der Waals surface area contributed by atoms with E-state index in [0.717, 1.165) is 45.0 Å². The minimum Gasteiger partial charge on any atom is -0.478 e. The summed E-state index contributed by atoms with van der Waals surface area (Å²) in [4.78, 5) is 2.14. The molecule has 0 spiro atoms. The molecule has 3 aromatic rings. The summed E-state index contributed by atoms with van der Waals surface area (Å²) in [7, 11) is -3.30. The third kappa shape index (κ3) is 3.12. The summed E-state index contributed by atoms with van der Waals surface area (Å²) in [6.45, 7) is 4.02. The van der Waals surface area contributed by atoms with Crippen LogP contribution in [-0.4, -0.2) is 8.80 Å². The monoisotopic (exact) mass is 723 g/mol. The van der Waals surface area contributed by atoms with E-state index in [1.54, 1.807) is 5.70 Å². The molecule has 0 atom stereocenters. The molecule has 0 fully saturated rings. The average Bonchev–Trinajstić information content (AvgIpc) is 2.63. The summed E-state index contributed by atoms with van der Waals surface area (Å²) in [6.07, 6.45) is 0. The molecule has 8 heteroatoms. The quantitative estimate of drug-likeness (QED) is 0.205. The summed E-state index contributed by atoms with van der Waals surface area (Å²) in [5, 5.41) is 0. The lowest BCUT2D eigenvalue weighted by Crippen LogP contribution is -2.55. The predicted octanol–water partition coefficient (Wildman–Crippen LogP) is 6.80. The van der Waals surface area contributed by atoms with Crippen molar-refractivity contribution in [3.05, 3.63) is 77.6 Å². The van der Waals surface area contributed by atoms with Crippen LogP contribution < -0.4 is 18.2 Å². The molecule has 3 aliphatic rings. The number of benzene rings is 3. The molecule has 28 heavy (non-hydrogen) atoms. The highest BCUT2D eigenvalue weighted by molar-refractivity contribution is 14.1. The Morgan fingerprint density at radius 1 is 0.679 bits per heavy atom. The molecular weight excluding hydrogens is 711 g/mol. The van der Waals surface area contributed by atoms with Gasteiger partial charge in [-0.2, -0.15) is 0 Å². The van der Waals surface area contributed by atoms with Crippen LogP contribution in [0.5, 0.6) is 17.2 Å². The molecule has 0 radical (unpaired) electrons. The SMILES string of the molecule is C=C[Si]12Oc3cc(I)ccc3N(c3ccc(I)cc3O1)c1ccc(I)cc1O2. The van der Waals surface area contributed by atoms with Crippen LogP contribution in [0, 0.1) is 10.7 Å². The van der Waals surface area contributed by atoms with E-state index in [1.165, 1.54) is 0 Å². The number of nitrogens with zero attached hydrogens (tertiary/aromatic N) is 1. The molecule has 3 aromatic carbocycles. The molecule has 2 bridgehead atoms. The van der Waals surface area contributed by atoms with E-state index in [1.807, 2.05) is 18.2 Å². The maximum Gasteiger partial charge on any atom is 0.729 e. The van der Waals surface area contributed by atoms with Gasteiger partial charge >= 0.3 is 8.80 Å². The summed E-state index contributed by atoms with van der Waals surface area (Å²) in [5.74, 6) is 2.19. The molecule has 3 heterocycles. The van der Waals surface area contributed by atoms with Gasteiger partial charge in [-0.1, -0.05) is 6.58 Å². The molecule has 0 unspecified atom stereocenters. The molecular formula is C20H12I3NO3Si. The van der Waals surface area contributed by atoms with E-state index in [0.29, 0.717) is 0 Å². The minimum absolute atomic E-state index is 0.729. The maximum absolute atomic E-state index is 6.44. The van der Waals surface area contributed by atoms with Crippen molar-refractivity contribution >= 4 is 93.6 Å². The first-order chi connectivity index (χ1) is 13.5. The number of rotatable bonds is 1. The minimum atomic E-state index is -3.30. The summed E-state index contributed by atoms with van der Waals surface area (Å²) in [5.41, 5.74) is 4.56. The normalized spacial score (nSPS) is 15.5. The second-order valence-electron chi connectivity index (χ2n) is 6.29. The van der Waals surface area contributed by atoms with Crippen LogP contribution in [-0.2, 0) is 0 Å². The highest BCUT2D eigenvalue weighted by atomic mass is 127. The lowest BCUT2D eigenvalue weighted by atomic mass is 10.1. The van der Waals surface area contributed by atoms with Gasteiger partial charge in [-0.25, -0.2) is 0 Å². The van der Waals surface area contributed by atoms with Crippen LogP contribution in [0.2, 0.25) is 0 Å². The Morgan fingerprint density at radius 2 is 1.04 bits per heavy atom. The van der Waals surface area contributed by atoms with Crippen LogP contribution in [0.3, 0.4) is 0 Å². The second-order valence-corrected chi connectivity index (χ2v) is 12.3. The van der Waals surface area contributed by atoms with Crippen LogP contribution >= 0.6 is 67.8 Å². The molecule has 3 aliphatic heterocycles. The number of hydrogen-bond donors (Lipinski definition) is 0. The second kappa shape index (κ2) is 7.06. The molecule has 4 nitrogen and oxygen atoms in total. The summed E-state index contributed by atoms with van der Waals surface area (Å²) >= 11 is 6.86. The van der Waals surface area contributed by atoms with Gasteiger partial charge in [-0.05, 0) is 122 Å². The van der Waals surface area contributed by atoms with E-state index in [-0.39, 0.29) is 0 Å². The van der Waals surface area contributed by atoms with Crippen molar-refractivity contribution in [1.29, 1.82) is 0 Å². The van der Waals surface area contributed by atoms with Crippen molar-refractivity contribution < 1.29 is 13.3 Å². The zero-order chi connectivity index (χ0) is 19.5. The van der Waals surface area contributed by atoms with Crippen LogP contribution in [0.25, 0.3) is 0 Å². The van der Waals surface area contributed by atoms with Gasteiger partial charge in [0.1, 0.15) is 17.2 Å². The van der Waals surface area contributed by atoms with Crippen molar-refractivity contribution in [1.82, 2.24) is 0 Å². The molecule has 0 saturated carbocycles. The first kappa shape index (κ1) is 19.0. The first-order valence-electron chi connectivity index (χ1n) is 8.37. The van der Waals surface area contributed by atoms with E-state index in [2.05, 4.69) is 116 Å². The molecule has 6 rings (SSSR count). The van der Waals surface area contributed by atoms with E-state index >= 15 is 0 Å². The lowest BCUT2D eigenvalue weighted by molar-refractivity contribution is 0.275. The number of anilines is 3. The van der Waals surface area contributed by atoms with Gasteiger partial charge in [0.15, 0.2) is 0 Å². The molecule has 0 aromatic heterocycles. The van der Waals surface area contributed by atoms with Crippen LogP contribution in [0.15, 0.2) is 66.9 Å². The highest BCUT2D eigenvalue weighted by Crippen LogP contribution is 2.52. The van der Waals surface area contributed by atoms with Gasteiger partial charge in [0.05, 0.1) is 17.1 Å². The molecule has 140 valence electrons. The molecule has 0 saturated heterocycles. The fourth-order valence-electron chi connectivity index (χ4n) is 3.30. The third-order valence-corrected chi connectivity index (χ3v) is 8.52. The lowest BCUT2D eigenvalue weighted by Gasteiger charge is -2.40. The Bertz CT molecular complexity index is 1000. The first-order valence-corrected chi connectivity index (χ1v) is 13.4. The van der Waals surface area contributed by atoms with Crippen LogP contribution in [0.4, 0.5) is 17.1 Å². The molecule has 0 N–H and O–H groups in total. The summed E-state index contributed by atoms with van der Waals surface area (Å²) < 4.78 is 22.6. The highest BCUT2D eigenvalue weighted by Gasteiger charge is 2.51. The third-order valence-electron chi connectivity index (χ3n) is 4.49. The fraction of sp³-hybridized carbons (Fsp3) is 0. The number of halogens is 3. The Morgan fingerprint density at radius 3 is 1.36 bits per heavy atom. The van der Waals surface area contributed by atoms with Crippen LogP contribution in [0.1, 0.15) is 0 Å². The Kier molecular flexibility index (Phi) is 4.79. The number of hydrogen-bond acceptors (Lipinski definition) is 4. The molecule has 0 amide bonds. The Balaban J connectivity index is 1.92. The Labute approximate surface area is 204 Å². The predicted molar refractivity (Wildman–Crippen MR) is 137 cm³/mol. The van der Waals surface area contributed by atoms with Crippen molar-refractivity contribution in [2.75, 3.05) is 4.90 Å². The van der Waals surface area contributed by atoms with E-state index < -0.39 is 8.80 Å². The van der Waals surface area contributed by atoms with Gasteiger partial charge in [0.2, 0.25) is 0 Å². The van der Waals surface area contributed by atoms with E-state index in [4.69, 9.17) is 13.3 Å². The topological polar surface area (TPSA) is 30.9 Å². The van der Waals surface area contributed by atoms with Gasteiger partial charge in [-0.3, -0.25) is 0 Å². The van der Waals surface area contributed by atoms with Gasteiger partial charge < -0.3 is 18.2 Å². The smallest absolute Gasteiger partial charge is 0.478 e.